The van der Waals surface area contributed by atoms with Gasteiger partial charge in [-0.3, -0.25) is 14.3 Å². The number of nitrogens with zero attached hydrogens (tertiary/aromatic N) is 4. The van der Waals surface area contributed by atoms with E-state index in [1.165, 1.54) is 6.07 Å². The van der Waals surface area contributed by atoms with Crippen molar-refractivity contribution in [3.05, 3.63) is 107 Å². The highest BCUT2D eigenvalue weighted by atomic mass is 19.1. The molecule has 49 heavy (non-hydrogen) atoms. The summed E-state index contributed by atoms with van der Waals surface area (Å²) < 4.78 is 30.6. The van der Waals surface area contributed by atoms with Crippen molar-refractivity contribution in [3.8, 4) is 33.4 Å². The number of benzene rings is 2. The number of hydrogen-bond donors (Lipinski definition) is 2. The lowest BCUT2D eigenvalue weighted by molar-refractivity contribution is 0.0612. The van der Waals surface area contributed by atoms with Crippen LogP contribution in [0, 0.1) is 18.7 Å². The lowest BCUT2D eigenvalue weighted by Gasteiger charge is -2.23. The Morgan fingerprint density at radius 2 is 1.61 bits per heavy atom. The summed E-state index contributed by atoms with van der Waals surface area (Å²) in [6.07, 6.45) is 12.4. The van der Waals surface area contributed by atoms with E-state index >= 15 is 4.39 Å². The summed E-state index contributed by atoms with van der Waals surface area (Å²) in [5.41, 5.74) is 10.5. The second kappa shape index (κ2) is 14.2. The van der Waals surface area contributed by atoms with Crippen LogP contribution in [0.5, 0.6) is 0 Å². The molecule has 0 spiro atoms. The maximum Gasteiger partial charge on any atom is 0.261 e. The number of nitrogens with two attached hydrogens (primary N) is 1. The van der Waals surface area contributed by atoms with Crippen LogP contribution in [0.3, 0.4) is 0 Å². The van der Waals surface area contributed by atoms with Crippen molar-refractivity contribution in [1.82, 2.24) is 19.3 Å². The molecule has 0 atom stereocenters. The third-order valence-corrected chi connectivity index (χ3v) is 9.43. The smallest absolute Gasteiger partial charge is 0.261 e. The summed E-state index contributed by atoms with van der Waals surface area (Å²) >= 11 is 0. The topological polar surface area (TPSA) is 126 Å². The first-order valence-corrected chi connectivity index (χ1v) is 16.7. The number of rotatable bonds is 8. The molecule has 2 aliphatic heterocycles. The van der Waals surface area contributed by atoms with E-state index < -0.39 is 17.2 Å². The zero-order valence-electron chi connectivity index (χ0n) is 27.4. The molecule has 5 heterocycles. The van der Waals surface area contributed by atoms with Crippen molar-refractivity contribution in [2.45, 2.75) is 45.2 Å². The molecule has 0 bridgehead atoms. The maximum atomic E-state index is 15.7. The van der Waals surface area contributed by atoms with E-state index in [-0.39, 0.29) is 28.7 Å². The number of amides is 1. The number of nitrogen functional groups attached to an aromatic ring is 1. The molecular weight excluding hydrogens is 623 g/mol. The summed E-state index contributed by atoms with van der Waals surface area (Å²) in [7, 11) is 0. The van der Waals surface area contributed by atoms with Crippen molar-refractivity contribution in [2.75, 3.05) is 37.5 Å². The number of hydrogen-bond acceptors (Lipinski definition) is 7. The van der Waals surface area contributed by atoms with Crippen LogP contribution < -0.4 is 16.5 Å². The molecule has 2 fully saturated rings. The van der Waals surface area contributed by atoms with E-state index in [2.05, 4.69) is 15.4 Å². The van der Waals surface area contributed by atoms with Crippen LogP contribution in [0.25, 0.3) is 33.4 Å². The number of nitrogens with one attached hydrogen (secondary N) is 1. The van der Waals surface area contributed by atoms with Gasteiger partial charge < -0.3 is 25.1 Å². The number of ether oxygens (including phenoxy) is 2. The van der Waals surface area contributed by atoms with E-state index in [9.17, 15) is 9.59 Å². The molecule has 10 nitrogen and oxygen atoms in total. The van der Waals surface area contributed by atoms with Crippen LogP contribution in [-0.2, 0) is 16.0 Å². The third-order valence-electron chi connectivity index (χ3n) is 9.43. The van der Waals surface area contributed by atoms with E-state index in [1.54, 1.807) is 36.8 Å². The van der Waals surface area contributed by atoms with Crippen molar-refractivity contribution in [1.29, 1.82) is 0 Å². The Labute approximate surface area is 283 Å². The zero-order valence-corrected chi connectivity index (χ0v) is 27.4. The van der Waals surface area contributed by atoms with Crippen molar-refractivity contribution >= 4 is 17.4 Å². The fourth-order valence-corrected chi connectivity index (χ4v) is 6.56. The Hall–Kier alpha value is -5.13. The van der Waals surface area contributed by atoms with Gasteiger partial charge in [0.25, 0.3) is 5.91 Å². The average molecular weight is 663 g/mol. The van der Waals surface area contributed by atoms with Gasteiger partial charge in [-0.25, -0.2) is 9.37 Å². The minimum atomic E-state index is -0.614. The van der Waals surface area contributed by atoms with Gasteiger partial charge >= 0.3 is 0 Å². The zero-order chi connectivity index (χ0) is 33.9. The molecule has 7 rings (SSSR count). The predicted molar refractivity (Wildman–Crippen MR) is 187 cm³/mol. The molecule has 2 saturated heterocycles. The Morgan fingerprint density at radius 3 is 2.35 bits per heavy atom. The Bertz CT molecular complexity index is 2030. The largest absolute Gasteiger partial charge is 0.383 e. The van der Waals surface area contributed by atoms with Gasteiger partial charge in [-0.05, 0) is 68.4 Å². The highest BCUT2D eigenvalue weighted by Gasteiger charge is 2.21. The first kappa shape index (κ1) is 32.4. The molecule has 0 unspecified atom stereocenters. The molecule has 2 aliphatic rings. The summed E-state index contributed by atoms with van der Waals surface area (Å²) in [4.78, 5) is 31.7. The van der Waals surface area contributed by atoms with Crippen LogP contribution in [0.2, 0.25) is 0 Å². The van der Waals surface area contributed by atoms with Crippen molar-refractivity contribution < 1.29 is 18.7 Å². The molecule has 5 aromatic rings. The molecule has 252 valence electrons. The van der Waals surface area contributed by atoms with Gasteiger partial charge in [0.15, 0.2) is 0 Å². The summed E-state index contributed by atoms with van der Waals surface area (Å²) in [6.45, 7) is 5.43. The number of carbonyl (C=O) groups excluding carboxylic acids is 1. The first-order chi connectivity index (χ1) is 23.8. The van der Waals surface area contributed by atoms with Crippen molar-refractivity contribution in [2.24, 2.45) is 5.92 Å². The standard InChI is InChI=1S/C38H39FN6O4/c1-24-2-4-26(5-3-24)33-22-44(20-25-8-12-48-13-9-25)23-34(36(33)46)38(47)43-29-6-7-31(35(39)17-29)32-16-27(18-41-37(32)40)28-19-42-45(21-28)30-10-14-49-15-11-30/h2-7,16-19,21-23,25,30H,8-15,20H2,1H3,(H2,40,41)(H,43,47). The van der Waals surface area contributed by atoms with E-state index in [4.69, 9.17) is 15.2 Å². The van der Waals surface area contributed by atoms with E-state index in [1.807, 2.05) is 52.8 Å². The highest BCUT2D eigenvalue weighted by Crippen LogP contribution is 2.33. The molecule has 0 radical (unpaired) electrons. The van der Waals surface area contributed by atoms with Gasteiger partial charge in [-0.2, -0.15) is 5.10 Å². The van der Waals surface area contributed by atoms with E-state index in [0.717, 1.165) is 47.9 Å². The average Bonchev–Trinajstić information content (AvgIpc) is 3.61. The number of anilines is 2. The Morgan fingerprint density at radius 1 is 0.878 bits per heavy atom. The number of pyridine rings is 2. The summed E-state index contributed by atoms with van der Waals surface area (Å²) in [5, 5.41) is 7.29. The second-order valence-corrected chi connectivity index (χ2v) is 12.9. The SMILES string of the molecule is Cc1ccc(-c2cn(CC3CCOCC3)cc(C(=O)Nc3ccc(-c4cc(-c5cnn(C6CCOCC6)c5)cnc4N)c(F)c3)c2=O)cc1. The highest BCUT2D eigenvalue weighted by molar-refractivity contribution is 6.04. The van der Waals surface area contributed by atoms with Crippen LogP contribution in [0.15, 0.2) is 84.3 Å². The molecule has 3 aromatic heterocycles. The number of carbonyl (C=O) groups is 1. The summed E-state index contributed by atoms with van der Waals surface area (Å²) in [6, 6.07) is 14.1. The van der Waals surface area contributed by atoms with Crippen molar-refractivity contribution in [3.63, 3.8) is 0 Å². The molecule has 3 N–H and O–H groups in total. The minimum absolute atomic E-state index is 0.0166. The second-order valence-electron chi connectivity index (χ2n) is 12.9. The monoisotopic (exact) mass is 662 g/mol. The number of aromatic nitrogens is 4. The lowest BCUT2D eigenvalue weighted by atomic mass is 9.99. The molecule has 0 aliphatic carbocycles. The molecule has 11 heteroatoms. The molecule has 2 aromatic carbocycles. The van der Waals surface area contributed by atoms with Crippen LogP contribution in [0.4, 0.5) is 15.9 Å². The number of halogens is 1. The lowest BCUT2D eigenvalue weighted by Crippen LogP contribution is -2.26. The van der Waals surface area contributed by atoms with Gasteiger partial charge in [0.05, 0.1) is 12.2 Å². The van der Waals surface area contributed by atoms with E-state index in [0.29, 0.717) is 50.0 Å². The maximum absolute atomic E-state index is 15.7. The fourth-order valence-electron chi connectivity index (χ4n) is 6.56. The third kappa shape index (κ3) is 7.18. The van der Waals surface area contributed by atoms with Crippen LogP contribution >= 0.6 is 0 Å². The van der Waals surface area contributed by atoms with Gasteiger partial charge in [0, 0.05) is 91.3 Å². The van der Waals surface area contributed by atoms with Crippen LogP contribution in [-0.4, -0.2) is 51.7 Å². The van der Waals surface area contributed by atoms with Gasteiger partial charge in [0.1, 0.15) is 17.2 Å². The Kier molecular flexibility index (Phi) is 9.36. The molecule has 0 saturated carbocycles. The fraction of sp³-hybridized carbons (Fsp3) is 0.316. The van der Waals surface area contributed by atoms with Gasteiger partial charge in [-0.1, -0.05) is 29.8 Å². The molecular formula is C38H39FN6O4. The van der Waals surface area contributed by atoms with Gasteiger partial charge in [-0.15, -0.1) is 0 Å². The minimum Gasteiger partial charge on any atom is -0.383 e. The molecule has 1 amide bonds. The first-order valence-electron chi connectivity index (χ1n) is 16.7. The van der Waals surface area contributed by atoms with Crippen LogP contribution in [0.1, 0.15) is 47.6 Å². The predicted octanol–water partition coefficient (Wildman–Crippen LogP) is 6.50. The summed E-state index contributed by atoms with van der Waals surface area (Å²) in [5.74, 6) is -0.666. The Balaban J connectivity index is 1.14. The quantitative estimate of drug-likeness (QED) is 0.194. The van der Waals surface area contributed by atoms with Gasteiger partial charge in [0.2, 0.25) is 5.43 Å². The normalized spacial score (nSPS) is 15.7. The number of aryl methyl sites for hydroxylation is 1.